The number of hydrogen-bond acceptors (Lipinski definition) is 5. The van der Waals surface area contributed by atoms with E-state index in [1.165, 1.54) is 0 Å². The van der Waals surface area contributed by atoms with Crippen molar-refractivity contribution < 1.29 is 14.6 Å². The number of hydrogen-bond donors (Lipinski definition) is 1. The molecular weight excluding hydrogens is 236 g/mol. The van der Waals surface area contributed by atoms with Gasteiger partial charge in [0, 0.05) is 12.5 Å². The van der Waals surface area contributed by atoms with Gasteiger partial charge in [-0.05, 0) is 22.6 Å². The third-order valence-corrected chi connectivity index (χ3v) is 2.27. The topological polar surface area (TPSA) is 90.1 Å². The first-order chi connectivity index (χ1) is 8.70. The highest BCUT2D eigenvalue weighted by atomic mass is 16.5. The summed E-state index contributed by atoms with van der Waals surface area (Å²) in [4.78, 5) is 10.4. The summed E-state index contributed by atoms with van der Waals surface area (Å²) >= 11 is 0. The van der Waals surface area contributed by atoms with Crippen LogP contribution < -0.4 is 4.74 Å². The van der Waals surface area contributed by atoms with Crippen LogP contribution in [0, 0.1) is 0 Å². The fourth-order valence-electron chi connectivity index (χ4n) is 1.48. The molecule has 2 rings (SSSR count). The van der Waals surface area contributed by atoms with Crippen LogP contribution >= 0.6 is 0 Å². The lowest BCUT2D eigenvalue weighted by atomic mass is 10.3. The molecule has 0 saturated heterocycles. The van der Waals surface area contributed by atoms with Crippen molar-refractivity contribution in [1.29, 1.82) is 0 Å². The lowest BCUT2D eigenvalue weighted by Gasteiger charge is -2.06. The summed E-state index contributed by atoms with van der Waals surface area (Å²) in [6.07, 6.45) is 0.702. The van der Waals surface area contributed by atoms with Gasteiger partial charge in [-0.3, -0.25) is 0 Å². The van der Waals surface area contributed by atoms with Crippen LogP contribution in [0.2, 0.25) is 0 Å². The van der Waals surface area contributed by atoms with Gasteiger partial charge >= 0.3 is 5.97 Å². The number of carboxylic acid groups (broad SMARTS) is 1. The second-order valence-electron chi connectivity index (χ2n) is 3.54. The molecule has 0 aliphatic rings. The van der Waals surface area contributed by atoms with Gasteiger partial charge in [0.15, 0.2) is 12.4 Å². The van der Waals surface area contributed by atoms with Gasteiger partial charge in [-0.25, -0.2) is 4.79 Å². The van der Waals surface area contributed by atoms with Crippen molar-refractivity contribution >= 4 is 5.97 Å². The van der Waals surface area contributed by atoms with Crippen LogP contribution in [0.15, 0.2) is 24.3 Å². The molecular formula is C11H12N4O3. The van der Waals surface area contributed by atoms with Crippen molar-refractivity contribution in [1.82, 2.24) is 20.2 Å². The number of tetrazole rings is 1. The molecule has 7 nitrogen and oxygen atoms in total. The molecule has 0 amide bonds. The van der Waals surface area contributed by atoms with E-state index in [1.807, 2.05) is 13.0 Å². The molecule has 2 aromatic rings. The molecule has 0 atom stereocenters. The summed E-state index contributed by atoms with van der Waals surface area (Å²) in [6.45, 7) is 1.58. The molecule has 0 aliphatic heterocycles. The number of ether oxygens (including phenoxy) is 1. The van der Waals surface area contributed by atoms with Gasteiger partial charge in [0.1, 0.15) is 5.75 Å². The van der Waals surface area contributed by atoms with E-state index in [4.69, 9.17) is 9.84 Å². The first kappa shape index (κ1) is 12.0. The molecule has 0 radical (unpaired) electrons. The van der Waals surface area contributed by atoms with Crippen LogP contribution in [0.4, 0.5) is 0 Å². The van der Waals surface area contributed by atoms with E-state index in [9.17, 15) is 4.79 Å². The van der Waals surface area contributed by atoms with Crippen molar-refractivity contribution in [3.63, 3.8) is 0 Å². The Kier molecular flexibility index (Phi) is 3.52. The highest BCUT2D eigenvalue weighted by Gasteiger charge is 2.07. The molecule has 0 spiro atoms. The maximum atomic E-state index is 10.4. The Morgan fingerprint density at radius 2 is 2.33 bits per heavy atom. The van der Waals surface area contributed by atoms with E-state index < -0.39 is 5.97 Å². The molecule has 18 heavy (non-hydrogen) atoms. The summed E-state index contributed by atoms with van der Waals surface area (Å²) in [5.74, 6) is 0.176. The highest BCUT2D eigenvalue weighted by Crippen LogP contribution is 2.16. The molecule has 1 N–H and O–H groups in total. The maximum Gasteiger partial charge on any atom is 0.341 e. The second-order valence-corrected chi connectivity index (χ2v) is 3.54. The molecule has 1 aromatic heterocycles. The molecule has 0 fully saturated rings. The lowest BCUT2D eigenvalue weighted by Crippen LogP contribution is -2.10. The van der Waals surface area contributed by atoms with Gasteiger partial charge < -0.3 is 9.84 Å². The number of carboxylic acids is 1. The van der Waals surface area contributed by atoms with Crippen LogP contribution in [0.3, 0.4) is 0 Å². The third kappa shape index (κ3) is 2.62. The predicted molar refractivity (Wildman–Crippen MR) is 61.7 cm³/mol. The van der Waals surface area contributed by atoms with Gasteiger partial charge in [-0.15, -0.1) is 5.10 Å². The van der Waals surface area contributed by atoms with Gasteiger partial charge in [-0.2, -0.15) is 4.68 Å². The first-order valence-electron chi connectivity index (χ1n) is 5.43. The Labute approximate surface area is 103 Å². The zero-order chi connectivity index (χ0) is 13.0. The van der Waals surface area contributed by atoms with Crippen molar-refractivity contribution in [2.75, 3.05) is 6.61 Å². The summed E-state index contributed by atoms with van der Waals surface area (Å²) < 4.78 is 6.69. The Balaban J connectivity index is 2.24. The normalized spacial score (nSPS) is 10.3. The number of nitrogens with zero attached hydrogens (tertiary/aromatic N) is 4. The van der Waals surface area contributed by atoms with Gasteiger partial charge in [0.25, 0.3) is 0 Å². The number of aryl methyl sites for hydroxylation is 1. The van der Waals surface area contributed by atoms with E-state index in [0.717, 1.165) is 11.5 Å². The van der Waals surface area contributed by atoms with Gasteiger partial charge in [0.2, 0.25) is 0 Å². The molecule has 0 saturated carbocycles. The molecule has 1 heterocycles. The minimum Gasteiger partial charge on any atom is -0.482 e. The number of rotatable bonds is 5. The van der Waals surface area contributed by atoms with Crippen molar-refractivity contribution in [2.24, 2.45) is 0 Å². The van der Waals surface area contributed by atoms with Crippen LogP contribution in [-0.2, 0) is 11.2 Å². The maximum absolute atomic E-state index is 10.4. The van der Waals surface area contributed by atoms with Crippen molar-refractivity contribution in [3.05, 3.63) is 30.1 Å². The summed E-state index contributed by atoms with van der Waals surface area (Å²) in [5.41, 5.74) is 0.736. The monoisotopic (exact) mass is 248 g/mol. The molecule has 1 aromatic carbocycles. The lowest BCUT2D eigenvalue weighted by molar-refractivity contribution is -0.139. The standard InChI is InChI=1S/C11H12N4O3/c1-2-10-12-13-14-15(10)8-4-3-5-9(6-8)18-7-11(16)17/h3-6H,2,7H2,1H3,(H,16,17). The average molecular weight is 248 g/mol. The fraction of sp³-hybridized carbons (Fsp3) is 0.273. The van der Waals surface area contributed by atoms with E-state index in [2.05, 4.69) is 15.5 Å². The quantitative estimate of drug-likeness (QED) is 0.837. The minimum atomic E-state index is -1.02. The third-order valence-electron chi connectivity index (χ3n) is 2.27. The number of carbonyl (C=O) groups is 1. The van der Waals surface area contributed by atoms with E-state index >= 15 is 0 Å². The minimum absolute atomic E-state index is 0.375. The molecule has 0 unspecified atom stereocenters. The molecule has 7 heteroatoms. The van der Waals surface area contributed by atoms with Crippen LogP contribution in [0.5, 0.6) is 5.75 Å². The number of benzene rings is 1. The molecule has 0 aliphatic carbocycles. The summed E-state index contributed by atoms with van der Waals surface area (Å²) in [7, 11) is 0. The van der Waals surface area contributed by atoms with E-state index in [1.54, 1.807) is 22.9 Å². The van der Waals surface area contributed by atoms with Crippen molar-refractivity contribution in [2.45, 2.75) is 13.3 Å². The fourth-order valence-corrected chi connectivity index (χ4v) is 1.48. The highest BCUT2D eigenvalue weighted by molar-refractivity contribution is 5.68. The predicted octanol–water partition coefficient (Wildman–Crippen LogP) is 0.688. The Hall–Kier alpha value is -2.44. The second kappa shape index (κ2) is 5.26. The van der Waals surface area contributed by atoms with Crippen LogP contribution in [0.1, 0.15) is 12.7 Å². The van der Waals surface area contributed by atoms with Crippen LogP contribution in [0.25, 0.3) is 5.69 Å². The summed E-state index contributed by atoms with van der Waals surface area (Å²) in [5, 5.41) is 19.9. The first-order valence-corrected chi connectivity index (χ1v) is 5.43. The van der Waals surface area contributed by atoms with E-state index in [0.29, 0.717) is 12.2 Å². The van der Waals surface area contributed by atoms with E-state index in [-0.39, 0.29) is 6.61 Å². The average Bonchev–Trinajstić information content (AvgIpc) is 2.85. The Bertz CT molecular complexity index is 553. The zero-order valence-electron chi connectivity index (χ0n) is 9.78. The van der Waals surface area contributed by atoms with Crippen LogP contribution in [-0.4, -0.2) is 37.9 Å². The summed E-state index contributed by atoms with van der Waals surface area (Å²) in [6, 6.07) is 6.96. The molecule has 94 valence electrons. The van der Waals surface area contributed by atoms with Crippen molar-refractivity contribution in [3.8, 4) is 11.4 Å². The van der Waals surface area contributed by atoms with Gasteiger partial charge in [0.05, 0.1) is 5.69 Å². The zero-order valence-corrected chi connectivity index (χ0v) is 9.78. The largest absolute Gasteiger partial charge is 0.482 e. The Morgan fingerprint density at radius 1 is 1.50 bits per heavy atom. The van der Waals surface area contributed by atoms with Gasteiger partial charge in [-0.1, -0.05) is 13.0 Å². The number of aromatic nitrogens is 4. The number of aliphatic carboxylic acids is 1. The smallest absolute Gasteiger partial charge is 0.341 e. The SMILES string of the molecule is CCc1nnnn1-c1cccc(OCC(=O)O)c1. The molecule has 0 bridgehead atoms. The Morgan fingerprint density at radius 3 is 3.06 bits per heavy atom.